The van der Waals surface area contributed by atoms with E-state index in [0.717, 1.165) is 41.0 Å². The summed E-state index contributed by atoms with van der Waals surface area (Å²) in [7, 11) is 1.65. The van der Waals surface area contributed by atoms with Gasteiger partial charge in [0, 0.05) is 24.7 Å². The first-order chi connectivity index (χ1) is 12.3. The first-order valence-corrected chi connectivity index (χ1v) is 8.31. The van der Waals surface area contributed by atoms with Gasteiger partial charge in [-0.3, -0.25) is 4.57 Å². The van der Waals surface area contributed by atoms with Crippen molar-refractivity contribution in [2.45, 2.75) is 6.04 Å². The Morgan fingerprint density at radius 2 is 1.80 bits per heavy atom. The molecule has 0 aliphatic carbocycles. The van der Waals surface area contributed by atoms with Crippen molar-refractivity contribution in [2.75, 3.05) is 25.1 Å². The summed E-state index contributed by atoms with van der Waals surface area (Å²) in [4.78, 5) is 16.0. The smallest absolute Gasteiger partial charge is 0.298 e. The van der Waals surface area contributed by atoms with Crippen molar-refractivity contribution in [3.8, 4) is 6.01 Å². The molecular weight excluding hydrogens is 314 g/mol. The first kappa shape index (κ1) is 14.2. The van der Waals surface area contributed by atoms with Crippen molar-refractivity contribution in [3.63, 3.8) is 0 Å². The van der Waals surface area contributed by atoms with E-state index in [4.69, 9.17) is 9.72 Å². The molecule has 5 rings (SSSR count). The second-order valence-electron chi connectivity index (χ2n) is 6.24. The van der Waals surface area contributed by atoms with Crippen LogP contribution in [-0.4, -0.2) is 39.7 Å². The normalized spacial score (nSPS) is 14.8. The number of ether oxygens (including phenoxy) is 1. The number of hydrogen-bond donors (Lipinski definition) is 0. The SMILES string of the molecule is COc1nc2cccnc2n1C1CN(c2ccc3ccccc3n2)C1. The van der Waals surface area contributed by atoms with Gasteiger partial charge in [-0.15, -0.1) is 0 Å². The molecule has 0 N–H and O–H groups in total. The maximum absolute atomic E-state index is 5.46. The number of imidazole rings is 1. The van der Waals surface area contributed by atoms with Crippen molar-refractivity contribution < 1.29 is 4.74 Å². The van der Waals surface area contributed by atoms with Gasteiger partial charge in [-0.1, -0.05) is 18.2 Å². The van der Waals surface area contributed by atoms with Gasteiger partial charge in [0.25, 0.3) is 6.01 Å². The Hall–Kier alpha value is -3.15. The number of hydrogen-bond acceptors (Lipinski definition) is 5. The van der Waals surface area contributed by atoms with Crippen LogP contribution in [0.3, 0.4) is 0 Å². The molecule has 0 amide bonds. The number of benzene rings is 1. The highest BCUT2D eigenvalue weighted by molar-refractivity contribution is 5.80. The van der Waals surface area contributed by atoms with Crippen LogP contribution in [0.1, 0.15) is 6.04 Å². The molecule has 4 aromatic rings. The summed E-state index contributed by atoms with van der Waals surface area (Å²) in [6.07, 6.45) is 1.79. The minimum atomic E-state index is 0.281. The Morgan fingerprint density at radius 3 is 2.68 bits per heavy atom. The van der Waals surface area contributed by atoms with E-state index >= 15 is 0 Å². The van der Waals surface area contributed by atoms with Gasteiger partial charge in [-0.25, -0.2) is 9.97 Å². The summed E-state index contributed by atoms with van der Waals surface area (Å²) in [6, 6.07) is 17.1. The molecule has 6 heteroatoms. The topological polar surface area (TPSA) is 56.1 Å². The molecule has 0 bridgehead atoms. The highest BCUT2D eigenvalue weighted by atomic mass is 16.5. The molecule has 1 saturated heterocycles. The van der Waals surface area contributed by atoms with Gasteiger partial charge in [-0.2, -0.15) is 4.98 Å². The molecule has 124 valence electrons. The van der Waals surface area contributed by atoms with Gasteiger partial charge in [0.05, 0.1) is 18.7 Å². The minimum absolute atomic E-state index is 0.281. The summed E-state index contributed by atoms with van der Waals surface area (Å²) in [5, 5.41) is 1.16. The zero-order valence-electron chi connectivity index (χ0n) is 13.8. The highest BCUT2D eigenvalue weighted by Crippen LogP contribution is 2.33. The maximum Gasteiger partial charge on any atom is 0.298 e. The van der Waals surface area contributed by atoms with Crippen LogP contribution in [0.2, 0.25) is 0 Å². The quantitative estimate of drug-likeness (QED) is 0.577. The van der Waals surface area contributed by atoms with Crippen LogP contribution in [-0.2, 0) is 0 Å². The Balaban J connectivity index is 1.44. The summed E-state index contributed by atoms with van der Waals surface area (Å²) in [5.74, 6) is 1.01. The number of nitrogens with zero attached hydrogens (tertiary/aromatic N) is 5. The molecular formula is C19H17N5O. The number of fused-ring (bicyclic) bond motifs is 2. The second kappa shape index (κ2) is 5.44. The second-order valence-corrected chi connectivity index (χ2v) is 6.24. The van der Waals surface area contributed by atoms with E-state index in [-0.39, 0.29) is 6.04 Å². The van der Waals surface area contributed by atoms with Crippen molar-refractivity contribution in [2.24, 2.45) is 0 Å². The van der Waals surface area contributed by atoms with Crippen molar-refractivity contribution in [1.29, 1.82) is 0 Å². The van der Waals surface area contributed by atoms with Gasteiger partial charge < -0.3 is 9.64 Å². The summed E-state index contributed by atoms with van der Waals surface area (Å²) >= 11 is 0. The van der Waals surface area contributed by atoms with E-state index in [9.17, 15) is 0 Å². The minimum Gasteiger partial charge on any atom is -0.468 e. The average Bonchev–Trinajstić information content (AvgIpc) is 2.99. The number of aromatic nitrogens is 4. The largest absolute Gasteiger partial charge is 0.468 e. The number of pyridine rings is 2. The van der Waals surface area contributed by atoms with Gasteiger partial charge in [-0.05, 0) is 30.3 Å². The van der Waals surface area contributed by atoms with Crippen LogP contribution in [0.4, 0.5) is 5.82 Å². The third kappa shape index (κ3) is 2.21. The Morgan fingerprint density at radius 1 is 0.960 bits per heavy atom. The van der Waals surface area contributed by atoms with E-state index in [1.807, 2.05) is 30.3 Å². The standard InChI is InChI=1S/C19H17N5O/c1-25-19-22-16-7-4-10-20-18(16)24(19)14-11-23(12-14)17-9-8-13-5-2-3-6-15(13)21-17/h2-10,14H,11-12H2,1H3. The zero-order valence-corrected chi connectivity index (χ0v) is 13.8. The predicted molar refractivity (Wildman–Crippen MR) is 97.1 cm³/mol. The summed E-state index contributed by atoms with van der Waals surface area (Å²) < 4.78 is 7.55. The molecule has 0 spiro atoms. The fraction of sp³-hybridized carbons (Fsp3) is 0.211. The van der Waals surface area contributed by atoms with E-state index < -0.39 is 0 Å². The molecule has 25 heavy (non-hydrogen) atoms. The van der Waals surface area contributed by atoms with E-state index in [1.54, 1.807) is 13.3 Å². The van der Waals surface area contributed by atoms with Crippen LogP contribution in [0, 0.1) is 0 Å². The van der Waals surface area contributed by atoms with E-state index in [1.165, 1.54) is 0 Å². The summed E-state index contributed by atoms with van der Waals surface area (Å²) in [5.41, 5.74) is 2.76. The maximum atomic E-state index is 5.46. The molecule has 0 saturated carbocycles. The van der Waals surface area contributed by atoms with Gasteiger partial charge in [0.2, 0.25) is 0 Å². The Bertz CT molecular complexity index is 1070. The van der Waals surface area contributed by atoms with Crippen LogP contribution in [0.5, 0.6) is 6.01 Å². The van der Waals surface area contributed by atoms with Gasteiger partial charge >= 0.3 is 0 Å². The lowest BCUT2D eigenvalue weighted by molar-refractivity contribution is 0.314. The van der Waals surface area contributed by atoms with Gasteiger partial charge in [0.1, 0.15) is 11.3 Å². The fourth-order valence-corrected chi connectivity index (χ4v) is 3.42. The molecule has 1 aliphatic rings. The van der Waals surface area contributed by atoms with E-state index in [2.05, 4.69) is 37.6 Å². The first-order valence-electron chi connectivity index (χ1n) is 8.31. The molecule has 6 nitrogen and oxygen atoms in total. The van der Waals surface area contributed by atoms with Gasteiger partial charge in [0.15, 0.2) is 5.65 Å². The Labute approximate surface area is 144 Å². The molecule has 4 heterocycles. The third-order valence-corrected chi connectivity index (χ3v) is 4.73. The molecule has 1 aliphatic heterocycles. The third-order valence-electron chi connectivity index (χ3n) is 4.73. The van der Waals surface area contributed by atoms with E-state index in [0.29, 0.717) is 6.01 Å². The lowest BCUT2D eigenvalue weighted by atomic mass is 10.1. The number of anilines is 1. The van der Waals surface area contributed by atoms with Crippen LogP contribution in [0.25, 0.3) is 22.1 Å². The number of para-hydroxylation sites is 1. The van der Waals surface area contributed by atoms with Crippen LogP contribution >= 0.6 is 0 Å². The van der Waals surface area contributed by atoms with Crippen LogP contribution < -0.4 is 9.64 Å². The number of methoxy groups -OCH3 is 1. The van der Waals surface area contributed by atoms with Crippen molar-refractivity contribution in [1.82, 2.24) is 19.5 Å². The number of rotatable bonds is 3. The summed E-state index contributed by atoms with van der Waals surface area (Å²) in [6.45, 7) is 1.73. The molecule has 0 unspecified atom stereocenters. The lowest BCUT2D eigenvalue weighted by Gasteiger charge is -2.41. The monoisotopic (exact) mass is 331 g/mol. The molecule has 3 aromatic heterocycles. The lowest BCUT2D eigenvalue weighted by Crippen LogP contribution is -2.48. The predicted octanol–water partition coefficient (Wildman–Crippen LogP) is 3.05. The molecule has 1 fully saturated rings. The molecule has 1 aromatic carbocycles. The molecule has 0 atom stereocenters. The van der Waals surface area contributed by atoms with Crippen molar-refractivity contribution >= 4 is 27.9 Å². The van der Waals surface area contributed by atoms with Crippen LogP contribution in [0.15, 0.2) is 54.7 Å². The average molecular weight is 331 g/mol. The molecule has 0 radical (unpaired) electrons. The zero-order chi connectivity index (χ0) is 16.8. The highest BCUT2D eigenvalue weighted by Gasteiger charge is 2.33. The van der Waals surface area contributed by atoms with Crippen molar-refractivity contribution in [3.05, 3.63) is 54.7 Å². The Kier molecular flexibility index (Phi) is 3.09. The fourth-order valence-electron chi connectivity index (χ4n) is 3.42.